The summed E-state index contributed by atoms with van der Waals surface area (Å²) < 4.78 is 6.49. The van der Waals surface area contributed by atoms with Crippen molar-refractivity contribution in [3.63, 3.8) is 0 Å². The van der Waals surface area contributed by atoms with Gasteiger partial charge in [0.05, 0.1) is 5.02 Å². The molecule has 0 bridgehead atoms. The summed E-state index contributed by atoms with van der Waals surface area (Å²) in [5, 5.41) is 3.32. The Morgan fingerprint density at radius 3 is 2.53 bits per heavy atom. The van der Waals surface area contributed by atoms with Gasteiger partial charge in [-0.2, -0.15) is 0 Å². The Labute approximate surface area is 191 Å². The van der Waals surface area contributed by atoms with Crippen LogP contribution in [0.2, 0.25) is 5.02 Å². The molecule has 5 nitrogen and oxygen atoms in total. The predicted molar refractivity (Wildman–Crippen MR) is 124 cm³/mol. The molecule has 0 fully saturated rings. The summed E-state index contributed by atoms with van der Waals surface area (Å²) in [7, 11) is 0. The second kappa shape index (κ2) is 12.6. The van der Waals surface area contributed by atoms with Crippen LogP contribution in [0.4, 0.5) is 0 Å². The van der Waals surface area contributed by atoms with Gasteiger partial charge in [0.2, 0.25) is 5.91 Å². The van der Waals surface area contributed by atoms with Crippen LogP contribution in [-0.2, 0) is 16.0 Å². The molecular weight excluding hydrogens is 468 g/mol. The Bertz CT molecular complexity index is 832. The van der Waals surface area contributed by atoms with Crippen molar-refractivity contribution in [1.29, 1.82) is 0 Å². The molecule has 0 aliphatic rings. The summed E-state index contributed by atoms with van der Waals surface area (Å²) in [6, 6.07) is 14.6. The van der Waals surface area contributed by atoms with Crippen LogP contribution in [0.25, 0.3) is 0 Å². The Morgan fingerprint density at radius 1 is 1.17 bits per heavy atom. The Balaban J connectivity index is 2.12. The molecule has 0 aromatic heterocycles. The van der Waals surface area contributed by atoms with Crippen LogP contribution in [0.1, 0.15) is 32.3 Å². The third kappa shape index (κ3) is 7.33. The molecule has 0 saturated heterocycles. The lowest BCUT2D eigenvalue weighted by molar-refractivity contribution is -0.142. The summed E-state index contributed by atoms with van der Waals surface area (Å²) >= 11 is 9.53. The van der Waals surface area contributed by atoms with Crippen molar-refractivity contribution in [3.8, 4) is 5.75 Å². The Hall–Kier alpha value is -2.05. The third-order valence-corrected chi connectivity index (χ3v) is 5.45. The van der Waals surface area contributed by atoms with Crippen molar-refractivity contribution >= 4 is 39.3 Å². The quantitative estimate of drug-likeness (QED) is 0.484. The molecule has 2 rings (SSSR count). The highest BCUT2D eigenvalue weighted by Crippen LogP contribution is 2.27. The van der Waals surface area contributed by atoms with Crippen LogP contribution < -0.4 is 10.1 Å². The lowest BCUT2D eigenvalue weighted by atomic mass is 10.1. The van der Waals surface area contributed by atoms with E-state index in [-0.39, 0.29) is 18.4 Å². The first-order valence-corrected chi connectivity index (χ1v) is 11.3. The Kier molecular flexibility index (Phi) is 10.2. The van der Waals surface area contributed by atoms with Crippen LogP contribution in [0, 0.1) is 0 Å². The van der Waals surface area contributed by atoms with E-state index < -0.39 is 6.04 Å². The summed E-state index contributed by atoms with van der Waals surface area (Å²) in [6.45, 7) is 4.73. The van der Waals surface area contributed by atoms with Crippen molar-refractivity contribution in [1.82, 2.24) is 10.2 Å². The van der Waals surface area contributed by atoms with E-state index in [1.165, 1.54) is 0 Å². The maximum atomic E-state index is 13.1. The molecule has 0 unspecified atom stereocenters. The zero-order chi connectivity index (χ0) is 21.9. The minimum Gasteiger partial charge on any atom is -0.482 e. The highest BCUT2D eigenvalue weighted by Gasteiger charge is 2.28. The van der Waals surface area contributed by atoms with Gasteiger partial charge in [0, 0.05) is 17.6 Å². The fourth-order valence-electron chi connectivity index (χ4n) is 3.08. The van der Waals surface area contributed by atoms with E-state index in [0.29, 0.717) is 36.7 Å². The molecule has 7 heteroatoms. The molecule has 0 aliphatic heterocycles. The van der Waals surface area contributed by atoms with E-state index in [1.54, 1.807) is 23.1 Å². The van der Waals surface area contributed by atoms with E-state index >= 15 is 0 Å². The molecular formula is C23H28BrClN2O3. The van der Waals surface area contributed by atoms with Crippen LogP contribution in [0.15, 0.2) is 53.0 Å². The van der Waals surface area contributed by atoms with Gasteiger partial charge >= 0.3 is 0 Å². The maximum Gasteiger partial charge on any atom is 0.261 e. The minimum atomic E-state index is -0.545. The molecule has 2 amide bonds. The van der Waals surface area contributed by atoms with Gasteiger partial charge in [0.25, 0.3) is 5.91 Å². The number of carbonyl (C=O) groups excluding carboxylic acids is 2. The highest BCUT2D eigenvalue weighted by molar-refractivity contribution is 9.10. The van der Waals surface area contributed by atoms with Gasteiger partial charge in [0.15, 0.2) is 6.61 Å². The molecule has 2 aromatic rings. The van der Waals surface area contributed by atoms with Crippen molar-refractivity contribution in [3.05, 3.63) is 63.6 Å². The Morgan fingerprint density at radius 2 is 1.90 bits per heavy atom. The number of hydrogen-bond acceptors (Lipinski definition) is 3. The number of hydrogen-bond donors (Lipinski definition) is 1. The van der Waals surface area contributed by atoms with Gasteiger partial charge in [-0.15, -0.1) is 0 Å². The van der Waals surface area contributed by atoms with Crippen molar-refractivity contribution < 1.29 is 14.3 Å². The standard InChI is InChI=1S/C23H28BrClN2O3/c1-3-13-26-23(29)20(4-2)27(14-12-17-8-6-5-7-9-17)22(28)16-30-21-11-10-18(24)15-19(21)25/h5-11,15,20H,3-4,12-14,16H2,1-2H3,(H,26,29)/t20-/m1/s1. The van der Waals surface area contributed by atoms with Crippen LogP contribution >= 0.6 is 27.5 Å². The second-order valence-corrected chi connectivity index (χ2v) is 8.22. The molecule has 1 atom stereocenters. The summed E-state index contributed by atoms with van der Waals surface area (Å²) in [5.74, 6) is 0.0468. The number of benzene rings is 2. The molecule has 0 radical (unpaired) electrons. The third-order valence-electron chi connectivity index (χ3n) is 4.66. The number of carbonyl (C=O) groups is 2. The number of amides is 2. The minimum absolute atomic E-state index is 0.137. The molecule has 30 heavy (non-hydrogen) atoms. The fourth-order valence-corrected chi connectivity index (χ4v) is 3.80. The van der Waals surface area contributed by atoms with Crippen molar-refractivity contribution in [2.45, 2.75) is 39.2 Å². The SMILES string of the molecule is CCCNC(=O)[C@@H](CC)N(CCc1ccccc1)C(=O)COc1ccc(Br)cc1Cl. The largest absolute Gasteiger partial charge is 0.482 e. The van der Waals surface area contributed by atoms with E-state index in [2.05, 4.69) is 21.2 Å². The van der Waals surface area contributed by atoms with Gasteiger partial charge in [0.1, 0.15) is 11.8 Å². The molecule has 0 aliphatic carbocycles. The lowest BCUT2D eigenvalue weighted by Crippen LogP contribution is -2.51. The molecule has 1 N–H and O–H groups in total. The second-order valence-electron chi connectivity index (χ2n) is 6.90. The van der Waals surface area contributed by atoms with E-state index in [1.807, 2.05) is 44.2 Å². The monoisotopic (exact) mass is 494 g/mol. The van der Waals surface area contributed by atoms with E-state index in [9.17, 15) is 9.59 Å². The molecule has 0 spiro atoms. The number of rotatable bonds is 11. The van der Waals surface area contributed by atoms with Gasteiger partial charge in [-0.05, 0) is 43.0 Å². The molecule has 0 saturated carbocycles. The summed E-state index contributed by atoms with van der Waals surface area (Å²) in [5.41, 5.74) is 1.11. The van der Waals surface area contributed by atoms with Gasteiger partial charge in [-0.25, -0.2) is 0 Å². The van der Waals surface area contributed by atoms with Crippen LogP contribution in [0.5, 0.6) is 5.75 Å². The van der Waals surface area contributed by atoms with Gasteiger partial charge < -0.3 is 15.0 Å². The van der Waals surface area contributed by atoms with Gasteiger partial charge in [-0.1, -0.05) is 71.7 Å². The fraction of sp³-hybridized carbons (Fsp3) is 0.391. The number of nitrogens with one attached hydrogen (secondary N) is 1. The first kappa shape index (κ1) is 24.2. The maximum absolute atomic E-state index is 13.1. The number of halogens is 2. The first-order valence-electron chi connectivity index (χ1n) is 10.1. The van der Waals surface area contributed by atoms with Crippen molar-refractivity contribution in [2.24, 2.45) is 0 Å². The van der Waals surface area contributed by atoms with Crippen LogP contribution in [-0.4, -0.2) is 42.5 Å². The zero-order valence-electron chi connectivity index (χ0n) is 17.4. The van der Waals surface area contributed by atoms with Gasteiger partial charge in [-0.3, -0.25) is 9.59 Å². The number of nitrogens with zero attached hydrogens (tertiary/aromatic N) is 1. The smallest absolute Gasteiger partial charge is 0.261 e. The average molecular weight is 496 g/mol. The number of ether oxygens (including phenoxy) is 1. The summed E-state index contributed by atoms with van der Waals surface area (Å²) in [4.78, 5) is 27.4. The zero-order valence-corrected chi connectivity index (χ0v) is 19.7. The summed E-state index contributed by atoms with van der Waals surface area (Å²) in [6.07, 6.45) is 2.02. The normalized spacial score (nSPS) is 11.6. The molecule has 0 heterocycles. The lowest BCUT2D eigenvalue weighted by Gasteiger charge is -2.30. The highest BCUT2D eigenvalue weighted by atomic mass is 79.9. The topological polar surface area (TPSA) is 58.6 Å². The van der Waals surface area contributed by atoms with Crippen LogP contribution in [0.3, 0.4) is 0 Å². The van der Waals surface area contributed by atoms with Crippen molar-refractivity contribution in [2.75, 3.05) is 19.7 Å². The molecule has 162 valence electrons. The average Bonchev–Trinajstić information content (AvgIpc) is 2.74. The molecule has 2 aromatic carbocycles. The van der Waals surface area contributed by atoms with E-state index in [0.717, 1.165) is 16.5 Å². The first-order chi connectivity index (χ1) is 14.5. The predicted octanol–water partition coefficient (Wildman–Crippen LogP) is 4.86. The van der Waals surface area contributed by atoms with E-state index in [4.69, 9.17) is 16.3 Å².